The number of aromatic nitrogens is 1. The van der Waals surface area contributed by atoms with E-state index in [0.717, 1.165) is 6.54 Å². The van der Waals surface area contributed by atoms with Gasteiger partial charge in [0, 0.05) is 24.8 Å². The summed E-state index contributed by atoms with van der Waals surface area (Å²) < 4.78 is 34.8. The molecule has 1 N–H and O–H groups in total. The number of pyridine rings is 1. The number of nitrogens with zero attached hydrogens (tertiary/aromatic N) is 2. The highest BCUT2D eigenvalue weighted by molar-refractivity contribution is 7.89. The van der Waals surface area contributed by atoms with Crippen LogP contribution in [0.15, 0.2) is 40.1 Å². The molecule has 0 saturated carbocycles. The molecule has 3 rings (SSSR count). The van der Waals surface area contributed by atoms with E-state index in [9.17, 15) is 8.42 Å². The second kappa shape index (κ2) is 8.07. The van der Waals surface area contributed by atoms with Crippen molar-refractivity contribution in [1.82, 2.24) is 8.87 Å². The van der Waals surface area contributed by atoms with Crippen LogP contribution in [0, 0.1) is 4.64 Å². The minimum Gasteiger partial charge on any atom is -0.379 e. The maximum atomic E-state index is 12.8. The Morgan fingerprint density at radius 2 is 2.04 bits per heavy atom. The molecule has 1 unspecified atom stereocenters. The van der Waals surface area contributed by atoms with Crippen LogP contribution in [0.5, 0.6) is 0 Å². The monoisotopic (exact) mass is 400 g/mol. The van der Waals surface area contributed by atoms with Crippen molar-refractivity contribution in [2.75, 3.05) is 33.4 Å². The lowest BCUT2D eigenvalue weighted by atomic mass is 10.3. The van der Waals surface area contributed by atoms with Crippen molar-refractivity contribution in [3.05, 3.63) is 45.4 Å². The third-order valence-corrected chi connectivity index (χ3v) is 7.08. The van der Waals surface area contributed by atoms with Gasteiger partial charge in [0.05, 0.1) is 25.2 Å². The predicted octanol–water partition coefficient (Wildman–Crippen LogP) is 0.972. The Morgan fingerprint density at radius 3 is 2.72 bits per heavy atom. The normalized spacial score (nSPS) is 17.5. The average molecular weight is 401 g/mol. The van der Waals surface area contributed by atoms with Gasteiger partial charge in [-0.25, -0.2) is 8.42 Å². The van der Waals surface area contributed by atoms with E-state index < -0.39 is 10.0 Å². The van der Waals surface area contributed by atoms with Gasteiger partial charge in [-0.3, -0.25) is 4.57 Å². The van der Waals surface area contributed by atoms with E-state index in [1.807, 2.05) is 4.57 Å². The number of quaternary nitrogens is 1. The summed E-state index contributed by atoms with van der Waals surface area (Å²) in [6.07, 6.45) is 1.66. The smallest absolute Gasteiger partial charge is 0.244 e. The molecule has 1 fully saturated rings. The minimum atomic E-state index is -3.51. The van der Waals surface area contributed by atoms with Crippen LogP contribution in [0.4, 0.5) is 0 Å². The van der Waals surface area contributed by atoms with Crippen LogP contribution >= 0.6 is 23.6 Å². The molecular weight excluding hydrogens is 378 g/mol. The zero-order valence-corrected chi connectivity index (χ0v) is 16.5. The molecule has 1 aliphatic heterocycles. The second-order valence-corrected chi connectivity index (χ2v) is 9.25. The van der Waals surface area contributed by atoms with Crippen molar-refractivity contribution in [2.45, 2.75) is 18.1 Å². The Morgan fingerprint density at radius 1 is 1.28 bits per heavy atom. The van der Waals surface area contributed by atoms with E-state index in [1.165, 1.54) is 14.8 Å². The summed E-state index contributed by atoms with van der Waals surface area (Å²) in [6, 6.07) is 5.39. The number of sulfonamides is 1. The van der Waals surface area contributed by atoms with Gasteiger partial charge in [0.25, 0.3) is 0 Å². The fourth-order valence-electron chi connectivity index (χ4n) is 2.81. The van der Waals surface area contributed by atoms with E-state index in [0.29, 0.717) is 37.6 Å². The van der Waals surface area contributed by atoms with Gasteiger partial charge >= 0.3 is 0 Å². The van der Waals surface area contributed by atoms with Gasteiger partial charge in [-0.15, -0.1) is 0 Å². The SMILES string of the molecule is C[NH+](Cc1ccsc1)Cn1cc(S(=O)(=O)N2CCOCC2)ccc1=S. The molecule has 0 aliphatic carbocycles. The highest BCUT2D eigenvalue weighted by Gasteiger charge is 2.26. The predicted molar refractivity (Wildman–Crippen MR) is 99.8 cm³/mol. The van der Waals surface area contributed by atoms with E-state index in [4.69, 9.17) is 17.0 Å². The number of nitrogens with one attached hydrogen (secondary N) is 1. The number of morpholine rings is 1. The van der Waals surface area contributed by atoms with Gasteiger partial charge in [0.15, 0.2) is 6.67 Å². The van der Waals surface area contributed by atoms with E-state index in [1.54, 1.807) is 29.7 Å². The largest absolute Gasteiger partial charge is 0.379 e. The molecule has 1 aliphatic rings. The van der Waals surface area contributed by atoms with Gasteiger partial charge in [0.2, 0.25) is 10.0 Å². The Hall–Kier alpha value is -1.10. The number of thiophene rings is 1. The first-order chi connectivity index (χ1) is 12.0. The first-order valence-corrected chi connectivity index (χ1v) is 10.9. The lowest BCUT2D eigenvalue weighted by Gasteiger charge is -2.26. The maximum absolute atomic E-state index is 12.8. The molecule has 2 aromatic heterocycles. The summed E-state index contributed by atoms with van der Waals surface area (Å²) in [5.41, 5.74) is 1.27. The van der Waals surface area contributed by atoms with Crippen LogP contribution in [0.3, 0.4) is 0 Å². The first-order valence-electron chi connectivity index (χ1n) is 8.07. The first kappa shape index (κ1) is 18.7. The summed E-state index contributed by atoms with van der Waals surface area (Å²) in [6.45, 7) is 3.13. The highest BCUT2D eigenvalue weighted by Crippen LogP contribution is 2.16. The molecule has 3 heterocycles. The van der Waals surface area contributed by atoms with Gasteiger partial charge in [-0.1, -0.05) is 12.2 Å². The molecule has 2 aromatic rings. The van der Waals surface area contributed by atoms with Crippen molar-refractivity contribution in [3.8, 4) is 0 Å². The molecule has 0 bridgehead atoms. The average Bonchev–Trinajstić information content (AvgIpc) is 3.10. The molecular formula is C16H22N3O3S3+. The summed E-state index contributed by atoms with van der Waals surface area (Å²) >= 11 is 7.06. The van der Waals surface area contributed by atoms with Crippen molar-refractivity contribution in [3.63, 3.8) is 0 Å². The van der Waals surface area contributed by atoms with Crippen molar-refractivity contribution in [1.29, 1.82) is 0 Å². The molecule has 1 saturated heterocycles. The Labute approximate surface area is 157 Å². The van der Waals surface area contributed by atoms with Crippen LogP contribution in [0.2, 0.25) is 0 Å². The minimum absolute atomic E-state index is 0.284. The molecule has 0 spiro atoms. The molecule has 25 heavy (non-hydrogen) atoms. The number of rotatable bonds is 6. The molecule has 9 heteroatoms. The van der Waals surface area contributed by atoms with Gasteiger partial charge in [0.1, 0.15) is 11.2 Å². The fraction of sp³-hybridized carbons (Fsp3) is 0.438. The molecule has 6 nitrogen and oxygen atoms in total. The lowest BCUT2D eigenvalue weighted by molar-refractivity contribution is -0.917. The van der Waals surface area contributed by atoms with Gasteiger partial charge in [-0.2, -0.15) is 15.6 Å². The third kappa shape index (κ3) is 4.55. The van der Waals surface area contributed by atoms with Gasteiger partial charge < -0.3 is 9.64 Å². The summed E-state index contributed by atoms with van der Waals surface area (Å²) in [5.74, 6) is 0. The van der Waals surface area contributed by atoms with Crippen LogP contribution in [0.25, 0.3) is 0 Å². The number of ether oxygens (including phenoxy) is 1. The van der Waals surface area contributed by atoms with Crippen LogP contribution in [0.1, 0.15) is 5.56 Å². The quantitative estimate of drug-likeness (QED) is 0.735. The Balaban J connectivity index is 1.79. The third-order valence-electron chi connectivity index (χ3n) is 4.09. The van der Waals surface area contributed by atoms with E-state index in [2.05, 4.69) is 23.9 Å². The van der Waals surface area contributed by atoms with E-state index in [-0.39, 0.29) is 4.90 Å². The topological polar surface area (TPSA) is 56.0 Å². The van der Waals surface area contributed by atoms with Crippen molar-refractivity contribution in [2.24, 2.45) is 0 Å². The van der Waals surface area contributed by atoms with Crippen molar-refractivity contribution < 1.29 is 18.1 Å². The highest BCUT2D eigenvalue weighted by atomic mass is 32.2. The zero-order valence-electron chi connectivity index (χ0n) is 14.1. The molecule has 0 radical (unpaired) electrons. The molecule has 1 atom stereocenters. The summed E-state index contributed by atoms with van der Waals surface area (Å²) in [4.78, 5) is 1.52. The van der Waals surface area contributed by atoms with Gasteiger partial charge in [-0.05, 0) is 29.0 Å². The van der Waals surface area contributed by atoms with Crippen LogP contribution in [-0.2, 0) is 28.0 Å². The standard InChI is InChI=1S/C16H21N3O3S3/c1-17(10-14-4-9-24-12-14)13-18-11-15(2-3-16(18)23)25(20,21)19-5-7-22-8-6-19/h2-4,9,11-12H,5-8,10,13H2,1H3/p+1. The molecule has 0 amide bonds. The van der Waals surface area contributed by atoms with E-state index >= 15 is 0 Å². The number of hydrogen-bond donors (Lipinski definition) is 1. The second-order valence-electron chi connectivity index (χ2n) is 6.11. The van der Waals surface area contributed by atoms with Crippen LogP contribution in [-0.4, -0.2) is 50.6 Å². The van der Waals surface area contributed by atoms with Crippen molar-refractivity contribution >= 4 is 33.6 Å². The Kier molecular flexibility index (Phi) is 6.03. The number of hydrogen-bond acceptors (Lipinski definition) is 5. The van der Waals surface area contributed by atoms with Crippen LogP contribution < -0.4 is 4.90 Å². The lowest BCUT2D eigenvalue weighted by Crippen LogP contribution is -3.06. The maximum Gasteiger partial charge on any atom is 0.244 e. The zero-order chi connectivity index (χ0) is 17.9. The fourth-order valence-corrected chi connectivity index (χ4v) is 5.09. The summed E-state index contributed by atoms with van der Waals surface area (Å²) in [7, 11) is -1.44. The summed E-state index contributed by atoms with van der Waals surface area (Å²) in [5, 5.41) is 4.19. The Bertz CT molecular complexity index is 856. The molecule has 0 aromatic carbocycles. The molecule has 136 valence electrons.